The summed E-state index contributed by atoms with van der Waals surface area (Å²) in [5, 5.41) is 4.39. The topological polar surface area (TPSA) is 0 Å². The van der Waals surface area contributed by atoms with Crippen molar-refractivity contribution in [3.63, 3.8) is 0 Å². The van der Waals surface area contributed by atoms with Crippen LogP contribution in [0.2, 0.25) is 0 Å². The third kappa shape index (κ3) is 6.12. The van der Waals surface area contributed by atoms with Crippen LogP contribution < -0.4 is 37.8 Å². The maximum Gasteiger partial charge on any atom is 0.111 e. The van der Waals surface area contributed by atoms with E-state index in [4.69, 9.17) is 0 Å². The lowest BCUT2D eigenvalue weighted by atomic mass is 9.13. The average Bonchev–Trinajstić information content (AvgIpc) is 3.16. The monoisotopic (exact) mass is 610 g/mol. The molecule has 0 spiro atoms. The van der Waals surface area contributed by atoms with Crippen LogP contribution in [-0.4, -0.2) is 12.3 Å². The van der Waals surface area contributed by atoms with Gasteiger partial charge in [0, 0.05) is 0 Å². The SMILES string of the molecule is CC[P+](c1ccccc1)(c1ccccc1)c1ccccc1.c1ccc([B-](c2ccccc2)(c2ccccc2)c2ccccc2)cc1. The van der Waals surface area contributed by atoms with Crippen LogP contribution in [0.25, 0.3) is 0 Å². The minimum Gasteiger partial charge on any atom is -0.195 e. The van der Waals surface area contributed by atoms with Gasteiger partial charge >= 0.3 is 0 Å². The van der Waals surface area contributed by atoms with Gasteiger partial charge in [-0.25, -0.2) is 0 Å². The Morgan fingerprint density at radius 2 is 0.500 bits per heavy atom. The van der Waals surface area contributed by atoms with Crippen molar-refractivity contribution in [2.45, 2.75) is 6.92 Å². The van der Waals surface area contributed by atoms with Crippen LogP contribution in [0.3, 0.4) is 0 Å². The van der Waals surface area contributed by atoms with E-state index in [1.165, 1.54) is 37.8 Å². The highest BCUT2D eigenvalue weighted by Gasteiger charge is 2.43. The predicted molar refractivity (Wildman–Crippen MR) is 206 cm³/mol. The first-order valence-corrected chi connectivity index (χ1v) is 18.2. The fourth-order valence-electron chi connectivity index (χ4n) is 7.16. The molecule has 0 saturated carbocycles. The Morgan fingerprint density at radius 1 is 0.304 bits per heavy atom. The van der Waals surface area contributed by atoms with Gasteiger partial charge in [0.25, 0.3) is 0 Å². The lowest BCUT2D eigenvalue weighted by molar-refractivity contribution is 1.48. The smallest absolute Gasteiger partial charge is 0.111 e. The molecule has 0 nitrogen and oxygen atoms in total. The van der Waals surface area contributed by atoms with E-state index in [9.17, 15) is 0 Å². The van der Waals surface area contributed by atoms with Crippen LogP contribution in [-0.2, 0) is 0 Å². The maximum absolute atomic E-state index is 2.32. The zero-order valence-electron chi connectivity index (χ0n) is 26.4. The van der Waals surface area contributed by atoms with Gasteiger partial charge in [-0.1, -0.05) is 176 Å². The van der Waals surface area contributed by atoms with Crippen LogP contribution in [0.5, 0.6) is 0 Å². The first-order chi connectivity index (χ1) is 22.8. The Kier molecular flexibility index (Phi) is 10.0. The standard InChI is InChI=1S/C24H20B.C20H20P/c1-5-13-21(14-6-1)25(22-15-7-2-8-16-22,23-17-9-3-10-18-23)24-19-11-4-12-20-24;1-2-21(18-12-6-3-7-13-18,19-14-8-4-9-15-19)20-16-10-5-11-17-20/h1-20H;3-17H,2H2,1H3/q-1;+1. The Morgan fingerprint density at radius 3 is 0.696 bits per heavy atom. The molecule has 0 fully saturated rings. The van der Waals surface area contributed by atoms with E-state index in [1.807, 2.05) is 0 Å². The zero-order chi connectivity index (χ0) is 31.5. The van der Waals surface area contributed by atoms with Gasteiger partial charge in [0.1, 0.15) is 29.3 Å². The molecular weight excluding hydrogens is 570 g/mol. The molecule has 0 amide bonds. The first kappa shape index (κ1) is 31.0. The fraction of sp³-hybridized carbons (Fsp3) is 0.0455. The molecule has 224 valence electrons. The van der Waals surface area contributed by atoms with Gasteiger partial charge in [0.05, 0.1) is 6.16 Å². The normalized spacial score (nSPS) is 11.2. The van der Waals surface area contributed by atoms with Crippen LogP contribution >= 0.6 is 7.26 Å². The third-order valence-corrected chi connectivity index (χ3v) is 13.8. The largest absolute Gasteiger partial charge is 0.195 e. The van der Waals surface area contributed by atoms with E-state index < -0.39 is 13.4 Å². The van der Waals surface area contributed by atoms with Crippen molar-refractivity contribution in [1.82, 2.24) is 0 Å². The molecule has 0 bridgehead atoms. The van der Waals surface area contributed by atoms with Crippen molar-refractivity contribution >= 4 is 51.2 Å². The van der Waals surface area contributed by atoms with Crippen molar-refractivity contribution < 1.29 is 0 Å². The molecule has 0 aliphatic rings. The third-order valence-electron chi connectivity index (χ3n) is 9.26. The molecule has 46 heavy (non-hydrogen) atoms. The highest BCUT2D eigenvalue weighted by molar-refractivity contribution is 7.95. The molecule has 7 aromatic carbocycles. The predicted octanol–water partition coefficient (Wildman–Crippen LogP) is 7.06. The summed E-state index contributed by atoms with van der Waals surface area (Å²) in [7, 11) is -1.53. The van der Waals surface area contributed by atoms with Gasteiger partial charge in [-0.15, -0.1) is 0 Å². The van der Waals surface area contributed by atoms with Crippen LogP contribution in [0.4, 0.5) is 0 Å². The lowest BCUT2D eigenvalue weighted by Gasteiger charge is -2.44. The molecule has 7 rings (SSSR count). The van der Waals surface area contributed by atoms with E-state index in [-0.39, 0.29) is 0 Å². The highest BCUT2D eigenvalue weighted by Crippen LogP contribution is 2.54. The lowest BCUT2D eigenvalue weighted by Crippen LogP contribution is -2.74. The maximum atomic E-state index is 2.32. The van der Waals surface area contributed by atoms with Gasteiger partial charge < -0.3 is 0 Å². The Hall–Kier alpha value is -4.97. The van der Waals surface area contributed by atoms with Crippen molar-refractivity contribution in [3.8, 4) is 0 Å². The summed E-state index contributed by atoms with van der Waals surface area (Å²) in [5.74, 6) is 0. The molecule has 0 saturated heterocycles. The summed E-state index contributed by atoms with van der Waals surface area (Å²) in [6.07, 6.45) is -0.0717. The van der Waals surface area contributed by atoms with Crippen molar-refractivity contribution in [1.29, 1.82) is 0 Å². The number of hydrogen-bond donors (Lipinski definition) is 0. The van der Waals surface area contributed by atoms with Crippen LogP contribution in [0.15, 0.2) is 212 Å². The summed E-state index contributed by atoms with van der Waals surface area (Å²) in [4.78, 5) is 0. The minimum atomic E-state index is -1.53. The van der Waals surface area contributed by atoms with Gasteiger partial charge in [-0.3, -0.25) is 0 Å². The van der Waals surface area contributed by atoms with E-state index in [2.05, 4.69) is 219 Å². The van der Waals surface area contributed by atoms with E-state index >= 15 is 0 Å². The molecule has 0 aliphatic carbocycles. The van der Waals surface area contributed by atoms with E-state index in [0.29, 0.717) is 0 Å². The van der Waals surface area contributed by atoms with E-state index in [0.717, 1.165) is 6.16 Å². The molecule has 0 N–H and O–H groups in total. The summed E-state index contributed by atoms with van der Waals surface area (Å²) < 4.78 is 0. The molecule has 7 aromatic rings. The van der Waals surface area contributed by atoms with Crippen LogP contribution in [0.1, 0.15) is 6.92 Å². The summed E-state index contributed by atoms with van der Waals surface area (Å²) in [6.45, 7) is 2.32. The molecular formula is C44H40BP. The fourth-order valence-corrected chi connectivity index (χ4v) is 11.2. The van der Waals surface area contributed by atoms with Crippen molar-refractivity contribution in [2.75, 3.05) is 6.16 Å². The highest BCUT2D eigenvalue weighted by atomic mass is 31.2. The zero-order valence-corrected chi connectivity index (χ0v) is 27.3. The minimum absolute atomic E-state index is 1.14. The van der Waals surface area contributed by atoms with Gasteiger partial charge in [0.15, 0.2) is 0 Å². The molecule has 0 atom stereocenters. The van der Waals surface area contributed by atoms with Gasteiger partial charge in [-0.2, -0.15) is 21.9 Å². The molecule has 0 unspecified atom stereocenters. The number of rotatable bonds is 8. The van der Waals surface area contributed by atoms with Crippen molar-refractivity contribution in [2.24, 2.45) is 0 Å². The average molecular weight is 611 g/mol. The van der Waals surface area contributed by atoms with Gasteiger partial charge in [0.2, 0.25) is 0 Å². The Balaban J connectivity index is 0.000000164. The second-order valence-electron chi connectivity index (χ2n) is 11.6. The summed E-state index contributed by atoms with van der Waals surface area (Å²) in [5.41, 5.74) is 5.36. The van der Waals surface area contributed by atoms with Gasteiger partial charge in [-0.05, 0) is 43.3 Å². The molecule has 0 aromatic heterocycles. The first-order valence-electron chi connectivity index (χ1n) is 16.2. The Labute approximate surface area is 275 Å². The number of hydrogen-bond acceptors (Lipinski definition) is 0. The summed E-state index contributed by atoms with van der Waals surface area (Å²) >= 11 is 0. The molecule has 0 heterocycles. The molecule has 2 heteroatoms. The summed E-state index contributed by atoms with van der Waals surface area (Å²) in [6, 6.07) is 76.5. The quantitative estimate of drug-likeness (QED) is 0.128. The van der Waals surface area contributed by atoms with E-state index in [1.54, 1.807) is 0 Å². The Bertz CT molecular complexity index is 1620. The van der Waals surface area contributed by atoms with Crippen LogP contribution in [0, 0.1) is 0 Å². The van der Waals surface area contributed by atoms with Crippen molar-refractivity contribution in [3.05, 3.63) is 212 Å². The molecule has 0 radical (unpaired) electrons. The number of benzene rings is 7. The second kappa shape index (κ2) is 14.9. The molecule has 0 aliphatic heterocycles. The second-order valence-corrected chi connectivity index (χ2v) is 15.4.